The minimum Gasteiger partial charge on any atom is -0.483 e. The average molecular weight is 341 g/mol. The fourth-order valence-electron chi connectivity index (χ4n) is 2.46. The molecular formula is C20H23NO4. The smallest absolute Gasteiger partial charge is 0.258 e. The van der Waals surface area contributed by atoms with E-state index >= 15 is 0 Å². The molecule has 0 heterocycles. The van der Waals surface area contributed by atoms with Crippen LogP contribution in [0.4, 0.5) is 0 Å². The Kier molecular flexibility index (Phi) is 6.71. The highest BCUT2D eigenvalue weighted by molar-refractivity contribution is 5.94. The average Bonchev–Trinajstić information content (AvgIpc) is 2.61. The Labute approximate surface area is 148 Å². The fourth-order valence-corrected chi connectivity index (χ4v) is 2.46. The first-order valence-corrected chi connectivity index (χ1v) is 8.11. The van der Waals surface area contributed by atoms with E-state index in [4.69, 9.17) is 9.47 Å². The summed E-state index contributed by atoms with van der Waals surface area (Å²) in [4.78, 5) is 23.6. The molecule has 1 N–H and O–H groups in total. The molecule has 0 fully saturated rings. The van der Waals surface area contributed by atoms with Crippen molar-refractivity contribution in [3.05, 3.63) is 65.2 Å². The number of carbonyl (C=O) groups excluding carboxylic acids is 2. The summed E-state index contributed by atoms with van der Waals surface area (Å²) in [5.41, 5.74) is 2.35. The molecule has 0 bridgehead atoms. The molecule has 0 saturated carbocycles. The summed E-state index contributed by atoms with van der Waals surface area (Å²) in [6.07, 6.45) is 0. The van der Waals surface area contributed by atoms with Gasteiger partial charge in [0.05, 0.1) is 12.6 Å². The van der Waals surface area contributed by atoms with Crippen molar-refractivity contribution in [1.82, 2.24) is 5.32 Å². The molecule has 2 rings (SSSR count). The maximum absolute atomic E-state index is 12.1. The van der Waals surface area contributed by atoms with Gasteiger partial charge in [0.1, 0.15) is 5.75 Å². The Bertz CT molecular complexity index is 728. The molecule has 0 aromatic heterocycles. The fraction of sp³-hybridized carbons (Fsp3) is 0.300. The van der Waals surface area contributed by atoms with Crippen molar-refractivity contribution < 1.29 is 19.1 Å². The number of ether oxygens (including phenoxy) is 2. The van der Waals surface area contributed by atoms with E-state index in [2.05, 4.69) is 5.32 Å². The summed E-state index contributed by atoms with van der Waals surface area (Å²) in [7, 11) is 1.57. The van der Waals surface area contributed by atoms with Gasteiger partial charge in [-0.1, -0.05) is 30.3 Å². The van der Waals surface area contributed by atoms with E-state index in [1.54, 1.807) is 25.3 Å². The highest BCUT2D eigenvalue weighted by Crippen LogP contribution is 2.21. The normalized spacial score (nSPS) is 11.6. The van der Waals surface area contributed by atoms with Gasteiger partial charge < -0.3 is 14.8 Å². The zero-order valence-corrected chi connectivity index (χ0v) is 14.7. The lowest BCUT2D eigenvalue weighted by atomic mass is 10.1. The van der Waals surface area contributed by atoms with Crippen LogP contribution >= 0.6 is 0 Å². The lowest BCUT2D eigenvalue weighted by Gasteiger charge is -2.16. The minimum absolute atomic E-state index is 0.0293. The third kappa shape index (κ3) is 5.43. The first kappa shape index (κ1) is 18.7. The second-order valence-corrected chi connectivity index (χ2v) is 5.80. The third-order valence-electron chi connectivity index (χ3n) is 3.80. The summed E-state index contributed by atoms with van der Waals surface area (Å²) < 4.78 is 10.8. The quantitative estimate of drug-likeness (QED) is 0.748. The lowest BCUT2D eigenvalue weighted by Crippen LogP contribution is -2.31. The Hall–Kier alpha value is -2.66. The first-order chi connectivity index (χ1) is 12.0. The number of rotatable bonds is 8. The molecule has 25 heavy (non-hydrogen) atoms. The maximum atomic E-state index is 12.1. The maximum Gasteiger partial charge on any atom is 0.258 e. The van der Waals surface area contributed by atoms with E-state index < -0.39 is 0 Å². The molecule has 0 unspecified atom stereocenters. The van der Waals surface area contributed by atoms with Crippen LogP contribution in [-0.2, 0) is 16.1 Å². The summed E-state index contributed by atoms with van der Waals surface area (Å²) in [6.45, 7) is 3.63. The molecule has 1 amide bonds. The van der Waals surface area contributed by atoms with Crippen molar-refractivity contribution >= 4 is 11.7 Å². The number of amides is 1. The Balaban J connectivity index is 1.98. The SMILES string of the molecule is COCc1cc(C(C)=O)ccc1OCC(=O)N[C@@H](C)c1ccccc1. The molecule has 0 spiro atoms. The molecule has 0 aliphatic rings. The van der Waals surface area contributed by atoms with Crippen LogP contribution in [0.25, 0.3) is 0 Å². The number of hydrogen-bond donors (Lipinski definition) is 1. The molecule has 1 atom stereocenters. The van der Waals surface area contributed by atoms with E-state index in [9.17, 15) is 9.59 Å². The van der Waals surface area contributed by atoms with E-state index in [0.717, 1.165) is 11.1 Å². The molecule has 0 aliphatic heterocycles. The van der Waals surface area contributed by atoms with Crippen molar-refractivity contribution in [3.63, 3.8) is 0 Å². The number of carbonyl (C=O) groups is 2. The topological polar surface area (TPSA) is 64.6 Å². The summed E-state index contributed by atoms with van der Waals surface area (Å²) in [5.74, 6) is 0.295. The van der Waals surface area contributed by atoms with Crippen LogP contribution in [0.1, 0.15) is 41.4 Å². The van der Waals surface area contributed by atoms with Gasteiger partial charge in [-0.25, -0.2) is 0 Å². The second-order valence-electron chi connectivity index (χ2n) is 5.80. The number of hydrogen-bond acceptors (Lipinski definition) is 4. The van der Waals surface area contributed by atoms with Gasteiger partial charge in [-0.3, -0.25) is 9.59 Å². The van der Waals surface area contributed by atoms with Crippen molar-refractivity contribution in [3.8, 4) is 5.75 Å². The van der Waals surface area contributed by atoms with Crippen molar-refractivity contribution in [1.29, 1.82) is 0 Å². The highest BCUT2D eigenvalue weighted by Gasteiger charge is 2.12. The molecule has 5 nitrogen and oxygen atoms in total. The van der Waals surface area contributed by atoms with E-state index in [0.29, 0.717) is 17.9 Å². The monoisotopic (exact) mass is 341 g/mol. The van der Waals surface area contributed by atoms with E-state index in [-0.39, 0.29) is 24.3 Å². The van der Waals surface area contributed by atoms with Crippen LogP contribution in [-0.4, -0.2) is 25.4 Å². The lowest BCUT2D eigenvalue weighted by molar-refractivity contribution is -0.123. The van der Waals surface area contributed by atoms with Crippen LogP contribution in [0.3, 0.4) is 0 Å². The highest BCUT2D eigenvalue weighted by atomic mass is 16.5. The van der Waals surface area contributed by atoms with Gasteiger partial charge in [-0.15, -0.1) is 0 Å². The molecule has 0 aliphatic carbocycles. The van der Waals surface area contributed by atoms with Crippen LogP contribution in [0.15, 0.2) is 48.5 Å². The van der Waals surface area contributed by atoms with Crippen LogP contribution in [0.5, 0.6) is 5.75 Å². The van der Waals surface area contributed by atoms with Gasteiger partial charge >= 0.3 is 0 Å². The summed E-state index contributed by atoms with van der Waals surface area (Å²) >= 11 is 0. The Morgan fingerprint density at radius 3 is 2.48 bits per heavy atom. The predicted octanol–water partition coefficient (Wildman–Crippen LogP) is 3.29. The van der Waals surface area contributed by atoms with Crippen molar-refractivity contribution in [2.45, 2.75) is 26.5 Å². The summed E-state index contributed by atoms with van der Waals surface area (Å²) in [5, 5.41) is 2.90. The molecular weight excluding hydrogens is 318 g/mol. The number of ketones is 1. The number of Topliss-reactive ketones (excluding diaryl/α,β-unsaturated/α-hetero) is 1. The zero-order valence-electron chi connectivity index (χ0n) is 14.7. The molecule has 5 heteroatoms. The molecule has 0 radical (unpaired) electrons. The first-order valence-electron chi connectivity index (χ1n) is 8.11. The summed E-state index contributed by atoms with van der Waals surface area (Å²) in [6, 6.07) is 14.7. The largest absolute Gasteiger partial charge is 0.483 e. The van der Waals surface area contributed by atoms with Crippen molar-refractivity contribution in [2.24, 2.45) is 0 Å². The van der Waals surface area contributed by atoms with Crippen molar-refractivity contribution in [2.75, 3.05) is 13.7 Å². The van der Waals surface area contributed by atoms with Crippen LogP contribution < -0.4 is 10.1 Å². The Morgan fingerprint density at radius 1 is 1.12 bits per heavy atom. The van der Waals surface area contributed by atoms with Gasteiger partial charge in [0, 0.05) is 18.2 Å². The number of nitrogens with one attached hydrogen (secondary N) is 1. The third-order valence-corrected chi connectivity index (χ3v) is 3.80. The molecule has 132 valence electrons. The van der Waals surface area contributed by atoms with E-state index in [1.165, 1.54) is 6.92 Å². The van der Waals surface area contributed by atoms with Crippen LogP contribution in [0, 0.1) is 0 Å². The number of benzene rings is 2. The van der Waals surface area contributed by atoms with Crippen LogP contribution in [0.2, 0.25) is 0 Å². The second kappa shape index (κ2) is 8.99. The predicted molar refractivity (Wildman–Crippen MR) is 95.7 cm³/mol. The van der Waals surface area contributed by atoms with Gasteiger partial charge in [-0.2, -0.15) is 0 Å². The van der Waals surface area contributed by atoms with E-state index in [1.807, 2.05) is 37.3 Å². The van der Waals surface area contributed by atoms with Gasteiger partial charge in [0.15, 0.2) is 12.4 Å². The molecule has 0 saturated heterocycles. The molecule has 2 aromatic carbocycles. The minimum atomic E-state index is -0.213. The standard InChI is InChI=1S/C20H23NO4/c1-14(16-7-5-4-6-8-16)21-20(23)13-25-19-10-9-17(15(2)22)11-18(19)12-24-3/h4-11,14H,12-13H2,1-3H3,(H,21,23)/t14-/m0/s1. The number of methoxy groups -OCH3 is 1. The zero-order chi connectivity index (χ0) is 18.2. The van der Waals surface area contributed by atoms with Gasteiger partial charge in [0.2, 0.25) is 0 Å². The van der Waals surface area contributed by atoms with Gasteiger partial charge in [0.25, 0.3) is 5.91 Å². The molecule has 2 aromatic rings. The van der Waals surface area contributed by atoms with Gasteiger partial charge in [-0.05, 0) is 37.6 Å². The Morgan fingerprint density at radius 2 is 1.84 bits per heavy atom.